The monoisotopic (exact) mass is 412 g/mol. The second-order valence-electron chi connectivity index (χ2n) is 7.15. The highest BCUT2D eigenvalue weighted by Crippen LogP contribution is 2.32. The van der Waals surface area contributed by atoms with E-state index in [0.29, 0.717) is 18.3 Å². The van der Waals surface area contributed by atoms with E-state index in [9.17, 15) is 0 Å². The Bertz CT molecular complexity index is 856. The van der Waals surface area contributed by atoms with Crippen molar-refractivity contribution < 1.29 is 14.2 Å². The number of aliphatic imine (C=N–C) groups is 1. The average molecular weight is 413 g/mol. The van der Waals surface area contributed by atoms with Crippen molar-refractivity contribution >= 4 is 17.3 Å². The molecular weight excluding hydrogens is 380 g/mol. The summed E-state index contributed by atoms with van der Waals surface area (Å²) in [5.41, 5.74) is 2.05. The van der Waals surface area contributed by atoms with Gasteiger partial charge < -0.3 is 29.7 Å². The number of nitrogens with one attached hydrogen (secondary N) is 2. The first-order chi connectivity index (χ1) is 14.7. The van der Waals surface area contributed by atoms with Crippen LogP contribution in [0.5, 0.6) is 17.2 Å². The predicted octanol–water partition coefficient (Wildman–Crippen LogP) is 3.62. The molecule has 7 nitrogen and oxygen atoms in total. The molecule has 0 saturated carbocycles. The summed E-state index contributed by atoms with van der Waals surface area (Å²) in [4.78, 5) is 6.74. The molecule has 2 aromatic rings. The Morgan fingerprint density at radius 3 is 2.63 bits per heavy atom. The fraction of sp³-hybridized carbons (Fsp3) is 0.435. The Hall–Kier alpha value is -3.09. The Morgan fingerprint density at radius 2 is 1.90 bits per heavy atom. The van der Waals surface area contributed by atoms with Gasteiger partial charge in [-0.15, -0.1) is 0 Å². The van der Waals surface area contributed by atoms with Gasteiger partial charge in [-0.25, -0.2) is 0 Å². The number of benzene rings is 2. The standard InChI is InChI=1S/C23H32N4O3/c1-5-30-21-11-10-18(14-22(21)29-4)26-23(24-2)25-15-17-12-13-27(16-17)19-8-6-7-9-20(19)28-3/h6-11,14,17H,5,12-13,15-16H2,1-4H3,(H2,24,25,26). The van der Waals surface area contributed by atoms with Crippen molar-refractivity contribution in [3.8, 4) is 17.2 Å². The predicted molar refractivity (Wildman–Crippen MR) is 122 cm³/mol. The molecule has 0 radical (unpaired) electrons. The quantitative estimate of drug-likeness (QED) is 0.510. The van der Waals surface area contributed by atoms with Crippen LogP contribution in [-0.4, -0.2) is 53.5 Å². The largest absolute Gasteiger partial charge is 0.495 e. The van der Waals surface area contributed by atoms with Crippen LogP contribution in [0.25, 0.3) is 0 Å². The zero-order chi connectivity index (χ0) is 21.3. The Morgan fingerprint density at radius 1 is 1.10 bits per heavy atom. The van der Waals surface area contributed by atoms with Crippen LogP contribution in [0.15, 0.2) is 47.5 Å². The number of nitrogens with zero attached hydrogens (tertiary/aromatic N) is 2. The third-order valence-electron chi connectivity index (χ3n) is 5.22. The van der Waals surface area contributed by atoms with E-state index in [2.05, 4.69) is 32.7 Å². The highest BCUT2D eigenvalue weighted by Gasteiger charge is 2.24. The third-order valence-corrected chi connectivity index (χ3v) is 5.22. The summed E-state index contributed by atoms with van der Waals surface area (Å²) in [6.07, 6.45) is 1.12. The normalized spacial score (nSPS) is 16.3. The van der Waals surface area contributed by atoms with Gasteiger partial charge in [0.15, 0.2) is 17.5 Å². The van der Waals surface area contributed by atoms with Crippen molar-refractivity contribution in [1.29, 1.82) is 0 Å². The lowest BCUT2D eigenvalue weighted by Crippen LogP contribution is -2.35. The molecule has 0 aromatic heterocycles. The van der Waals surface area contributed by atoms with E-state index in [0.717, 1.165) is 54.9 Å². The molecule has 0 aliphatic carbocycles. The molecule has 2 aromatic carbocycles. The summed E-state index contributed by atoms with van der Waals surface area (Å²) in [5.74, 6) is 3.62. The molecule has 162 valence electrons. The molecular formula is C23H32N4O3. The number of hydrogen-bond donors (Lipinski definition) is 2. The van der Waals surface area contributed by atoms with Crippen LogP contribution in [0.4, 0.5) is 11.4 Å². The average Bonchev–Trinajstić information content (AvgIpc) is 3.26. The van der Waals surface area contributed by atoms with E-state index in [1.54, 1.807) is 21.3 Å². The summed E-state index contributed by atoms with van der Waals surface area (Å²) < 4.78 is 16.5. The van der Waals surface area contributed by atoms with Gasteiger partial charge >= 0.3 is 0 Å². The van der Waals surface area contributed by atoms with Crippen molar-refractivity contribution in [2.45, 2.75) is 13.3 Å². The number of rotatable bonds is 8. The molecule has 3 rings (SSSR count). The van der Waals surface area contributed by atoms with Crippen LogP contribution in [0.3, 0.4) is 0 Å². The van der Waals surface area contributed by atoms with Gasteiger partial charge in [-0.2, -0.15) is 0 Å². The fourth-order valence-corrected chi connectivity index (χ4v) is 3.69. The van der Waals surface area contributed by atoms with Gasteiger partial charge in [0.2, 0.25) is 0 Å². The topological polar surface area (TPSA) is 67.4 Å². The van der Waals surface area contributed by atoms with Crippen molar-refractivity contribution in [1.82, 2.24) is 5.32 Å². The first kappa shape index (κ1) is 21.6. The number of guanidine groups is 1. The molecule has 2 N–H and O–H groups in total. The molecule has 1 unspecified atom stereocenters. The fourth-order valence-electron chi connectivity index (χ4n) is 3.69. The molecule has 0 amide bonds. The summed E-state index contributed by atoms with van der Waals surface area (Å²) in [6, 6.07) is 14.0. The maximum atomic E-state index is 5.58. The molecule has 0 spiro atoms. The Labute approximate surface area is 179 Å². The van der Waals surface area contributed by atoms with E-state index in [1.807, 2.05) is 37.3 Å². The second-order valence-corrected chi connectivity index (χ2v) is 7.15. The summed E-state index contributed by atoms with van der Waals surface area (Å²) >= 11 is 0. The van der Waals surface area contributed by atoms with Crippen LogP contribution < -0.4 is 29.7 Å². The summed E-state index contributed by atoms with van der Waals surface area (Å²) in [6.45, 7) is 5.41. The molecule has 30 heavy (non-hydrogen) atoms. The number of methoxy groups -OCH3 is 2. The lowest BCUT2D eigenvalue weighted by Gasteiger charge is -2.21. The van der Waals surface area contributed by atoms with Gasteiger partial charge in [0, 0.05) is 38.4 Å². The van der Waals surface area contributed by atoms with E-state index in [1.165, 1.54) is 0 Å². The highest BCUT2D eigenvalue weighted by atomic mass is 16.5. The number of para-hydroxylation sites is 2. The lowest BCUT2D eigenvalue weighted by molar-refractivity contribution is 0.311. The number of ether oxygens (including phenoxy) is 3. The third kappa shape index (κ3) is 5.28. The van der Waals surface area contributed by atoms with Gasteiger partial charge in [-0.3, -0.25) is 4.99 Å². The van der Waals surface area contributed by atoms with Gasteiger partial charge in [-0.05, 0) is 43.5 Å². The highest BCUT2D eigenvalue weighted by molar-refractivity contribution is 5.93. The van der Waals surface area contributed by atoms with E-state index >= 15 is 0 Å². The van der Waals surface area contributed by atoms with Crippen molar-refractivity contribution in [2.24, 2.45) is 10.9 Å². The van der Waals surface area contributed by atoms with Crippen LogP contribution in [0.1, 0.15) is 13.3 Å². The minimum absolute atomic E-state index is 0.531. The molecule has 1 fully saturated rings. The van der Waals surface area contributed by atoms with E-state index < -0.39 is 0 Å². The first-order valence-electron chi connectivity index (χ1n) is 10.3. The van der Waals surface area contributed by atoms with Crippen LogP contribution in [0.2, 0.25) is 0 Å². The summed E-state index contributed by atoms with van der Waals surface area (Å²) in [5, 5.41) is 6.77. The molecule has 1 saturated heterocycles. The van der Waals surface area contributed by atoms with Gasteiger partial charge in [-0.1, -0.05) is 12.1 Å². The molecule has 0 bridgehead atoms. The Kier molecular flexibility index (Phi) is 7.65. The lowest BCUT2D eigenvalue weighted by atomic mass is 10.1. The number of hydrogen-bond acceptors (Lipinski definition) is 5. The van der Waals surface area contributed by atoms with E-state index in [-0.39, 0.29) is 0 Å². The maximum Gasteiger partial charge on any atom is 0.195 e. The van der Waals surface area contributed by atoms with Crippen molar-refractivity contribution in [3.05, 3.63) is 42.5 Å². The minimum atomic E-state index is 0.531. The maximum absolute atomic E-state index is 5.58. The number of anilines is 2. The molecule has 7 heteroatoms. The minimum Gasteiger partial charge on any atom is -0.495 e. The molecule has 1 atom stereocenters. The zero-order valence-corrected chi connectivity index (χ0v) is 18.3. The van der Waals surface area contributed by atoms with Crippen molar-refractivity contribution in [3.63, 3.8) is 0 Å². The van der Waals surface area contributed by atoms with Gasteiger partial charge in [0.05, 0.1) is 26.5 Å². The molecule has 1 heterocycles. The molecule has 1 aliphatic heterocycles. The zero-order valence-electron chi connectivity index (χ0n) is 18.3. The van der Waals surface area contributed by atoms with Gasteiger partial charge in [0.1, 0.15) is 5.75 Å². The van der Waals surface area contributed by atoms with Crippen LogP contribution in [-0.2, 0) is 0 Å². The van der Waals surface area contributed by atoms with Gasteiger partial charge in [0.25, 0.3) is 0 Å². The molecule has 1 aliphatic rings. The van der Waals surface area contributed by atoms with Crippen LogP contribution >= 0.6 is 0 Å². The van der Waals surface area contributed by atoms with Crippen molar-refractivity contribution in [2.75, 3.05) is 57.7 Å². The smallest absolute Gasteiger partial charge is 0.195 e. The van der Waals surface area contributed by atoms with Crippen LogP contribution in [0, 0.1) is 5.92 Å². The van der Waals surface area contributed by atoms with E-state index in [4.69, 9.17) is 14.2 Å². The second kappa shape index (κ2) is 10.6. The SMILES string of the molecule is CCOc1ccc(NC(=NC)NCC2CCN(c3ccccc3OC)C2)cc1OC. The summed E-state index contributed by atoms with van der Waals surface area (Å²) in [7, 11) is 5.14. The first-order valence-corrected chi connectivity index (χ1v) is 10.3. The Balaban J connectivity index is 1.55.